The van der Waals surface area contributed by atoms with E-state index in [0.29, 0.717) is 5.56 Å². The van der Waals surface area contributed by atoms with Crippen LogP contribution in [-0.4, -0.2) is 18.9 Å². The van der Waals surface area contributed by atoms with Crippen molar-refractivity contribution in [2.24, 2.45) is 0 Å². The zero-order valence-electron chi connectivity index (χ0n) is 9.38. The predicted molar refractivity (Wildman–Crippen MR) is 59.0 cm³/mol. The van der Waals surface area contributed by atoms with Gasteiger partial charge in [0.05, 0.1) is 11.4 Å². The van der Waals surface area contributed by atoms with Crippen LogP contribution < -0.4 is 5.32 Å². The van der Waals surface area contributed by atoms with Gasteiger partial charge in [-0.2, -0.15) is 8.78 Å². The highest BCUT2D eigenvalue weighted by atomic mass is 19.2. The van der Waals surface area contributed by atoms with Crippen molar-refractivity contribution in [2.75, 3.05) is 7.05 Å². The van der Waals surface area contributed by atoms with Crippen LogP contribution in [0.2, 0.25) is 0 Å². The van der Waals surface area contributed by atoms with Gasteiger partial charge < -0.3 is 9.73 Å². The van der Waals surface area contributed by atoms with Gasteiger partial charge in [-0.25, -0.2) is 0 Å². The molecule has 0 aliphatic carbocycles. The molecule has 0 bridgehead atoms. The summed E-state index contributed by atoms with van der Waals surface area (Å²) in [7, 11) is 1.65. The number of benzene rings is 1. The second-order valence-electron chi connectivity index (χ2n) is 3.78. The lowest BCUT2D eigenvalue weighted by atomic mass is 10.0. The first-order chi connectivity index (χ1) is 8.04. The highest BCUT2D eigenvalue weighted by Gasteiger charge is 2.18. The lowest BCUT2D eigenvalue weighted by molar-refractivity contribution is 0.0955. The summed E-state index contributed by atoms with van der Waals surface area (Å²) >= 11 is 0. The van der Waals surface area contributed by atoms with Crippen molar-refractivity contribution in [2.45, 2.75) is 13.0 Å². The van der Waals surface area contributed by atoms with Crippen molar-refractivity contribution >= 4 is 16.8 Å². The van der Waals surface area contributed by atoms with Crippen LogP contribution in [0, 0.1) is 11.8 Å². The molecule has 0 amide bonds. The number of rotatable bonds is 3. The van der Waals surface area contributed by atoms with Gasteiger partial charge >= 0.3 is 6.01 Å². The molecule has 17 heavy (non-hydrogen) atoms. The molecule has 0 fully saturated rings. The molecule has 1 aromatic carbocycles. The number of fused-ring (bicyclic) bond motifs is 1. The monoisotopic (exact) mass is 239 g/mol. The van der Waals surface area contributed by atoms with Crippen molar-refractivity contribution in [1.82, 2.24) is 5.32 Å². The minimum Gasteiger partial charge on any atom is -0.429 e. The predicted octanol–water partition coefficient (Wildman–Crippen LogP) is 2.50. The maximum atomic E-state index is 13.3. The molecule has 1 heterocycles. The third-order valence-electron chi connectivity index (χ3n) is 2.70. The number of furan rings is 1. The van der Waals surface area contributed by atoms with Crippen LogP contribution in [0.3, 0.4) is 0 Å². The minimum absolute atomic E-state index is 0.0170. The summed E-state index contributed by atoms with van der Waals surface area (Å²) in [4.78, 5) is 11.8. The van der Waals surface area contributed by atoms with E-state index in [9.17, 15) is 13.6 Å². The fraction of sp³-hybridized carbons (Fsp3) is 0.250. The first-order valence-corrected chi connectivity index (χ1v) is 5.13. The number of nitrogens with one attached hydrogen (secondary N) is 1. The van der Waals surface area contributed by atoms with E-state index >= 15 is 0 Å². The van der Waals surface area contributed by atoms with E-state index in [1.807, 2.05) is 0 Å². The van der Waals surface area contributed by atoms with Crippen molar-refractivity contribution in [1.29, 1.82) is 0 Å². The minimum atomic E-state index is -1.26. The lowest BCUT2D eigenvalue weighted by Gasteiger charge is -2.08. The maximum absolute atomic E-state index is 13.3. The van der Waals surface area contributed by atoms with E-state index in [4.69, 9.17) is 0 Å². The largest absolute Gasteiger partial charge is 0.429 e. The molecule has 1 atom stereocenters. The number of Topliss-reactive ketones (excluding diaryl/α,β-unsaturated/α-hetero) is 1. The van der Waals surface area contributed by atoms with Crippen molar-refractivity contribution < 1.29 is 18.0 Å². The van der Waals surface area contributed by atoms with Gasteiger partial charge in [0.1, 0.15) is 5.58 Å². The molecule has 2 aromatic rings. The molecule has 3 nitrogen and oxygen atoms in total. The molecule has 2 rings (SSSR count). The molecule has 0 spiro atoms. The molecule has 1 aromatic heterocycles. The Hall–Kier alpha value is -1.75. The van der Waals surface area contributed by atoms with Gasteiger partial charge in [-0.15, -0.1) is 0 Å². The quantitative estimate of drug-likeness (QED) is 0.837. The fourth-order valence-corrected chi connectivity index (χ4v) is 1.57. The van der Waals surface area contributed by atoms with Gasteiger partial charge in [0.2, 0.25) is 5.82 Å². The third kappa shape index (κ3) is 1.93. The number of hydrogen-bond acceptors (Lipinski definition) is 3. The van der Waals surface area contributed by atoms with Crippen LogP contribution in [0.15, 0.2) is 22.6 Å². The van der Waals surface area contributed by atoms with E-state index in [0.717, 1.165) is 0 Å². The maximum Gasteiger partial charge on any atom is 0.315 e. The van der Waals surface area contributed by atoms with Crippen molar-refractivity contribution in [3.63, 3.8) is 0 Å². The smallest absolute Gasteiger partial charge is 0.315 e. The highest BCUT2D eigenvalue weighted by Crippen LogP contribution is 2.24. The first kappa shape index (κ1) is 11.7. The number of ketones is 1. The van der Waals surface area contributed by atoms with Gasteiger partial charge in [0.25, 0.3) is 0 Å². The van der Waals surface area contributed by atoms with E-state index < -0.39 is 11.8 Å². The number of carbonyl (C=O) groups excluding carboxylic acids is 1. The van der Waals surface area contributed by atoms with Gasteiger partial charge in [0.15, 0.2) is 5.78 Å². The number of hydrogen-bond donors (Lipinski definition) is 1. The lowest BCUT2D eigenvalue weighted by Crippen LogP contribution is -2.30. The summed E-state index contributed by atoms with van der Waals surface area (Å²) in [6.07, 6.45) is 0. The second-order valence-corrected chi connectivity index (χ2v) is 3.78. The topological polar surface area (TPSA) is 42.2 Å². The van der Waals surface area contributed by atoms with Gasteiger partial charge in [-0.3, -0.25) is 4.79 Å². The van der Waals surface area contributed by atoms with Gasteiger partial charge in [-0.05, 0) is 32.2 Å². The van der Waals surface area contributed by atoms with Crippen molar-refractivity contribution in [3.8, 4) is 0 Å². The molecular formula is C12H11F2NO2. The Morgan fingerprint density at radius 2 is 2.12 bits per heavy atom. The van der Waals surface area contributed by atoms with Crippen molar-refractivity contribution in [3.05, 3.63) is 35.6 Å². The van der Waals surface area contributed by atoms with E-state index in [1.54, 1.807) is 14.0 Å². The van der Waals surface area contributed by atoms with Gasteiger partial charge in [-0.1, -0.05) is 0 Å². The zero-order valence-corrected chi connectivity index (χ0v) is 9.38. The fourth-order valence-electron chi connectivity index (χ4n) is 1.57. The summed E-state index contributed by atoms with van der Waals surface area (Å²) in [5, 5.41) is 2.77. The Morgan fingerprint density at radius 1 is 1.41 bits per heavy atom. The Bertz CT molecular complexity index is 577. The SMILES string of the molecule is CN[C@H](C)C(=O)c1ccc2oc(F)c(F)c2c1. The standard InChI is InChI=1S/C12H11F2NO2/c1-6(15-2)11(16)7-3-4-9-8(5-7)10(13)12(14)17-9/h3-6,15H,1-2H3/t6-/m1/s1. The zero-order chi connectivity index (χ0) is 12.6. The molecule has 0 aliphatic heterocycles. The van der Waals surface area contributed by atoms with E-state index in [-0.39, 0.29) is 22.8 Å². The number of halogens is 2. The molecule has 90 valence electrons. The Labute approximate surface area is 96.4 Å². The molecule has 0 saturated heterocycles. The number of likely N-dealkylation sites (N-methyl/N-ethyl adjacent to an activating group) is 1. The van der Waals surface area contributed by atoms with E-state index in [2.05, 4.69) is 9.73 Å². The van der Waals surface area contributed by atoms with Crippen LogP contribution in [-0.2, 0) is 0 Å². The Kier molecular flexibility index (Phi) is 2.93. The summed E-state index contributed by atoms with van der Waals surface area (Å²) in [6.45, 7) is 1.69. The average molecular weight is 239 g/mol. The normalized spacial score (nSPS) is 12.9. The molecule has 0 unspecified atom stereocenters. The van der Waals surface area contributed by atoms with Crippen LogP contribution >= 0.6 is 0 Å². The molecule has 0 saturated carbocycles. The molecular weight excluding hydrogens is 228 g/mol. The summed E-state index contributed by atoms with van der Waals surface area (Å²) in [6, 6.07) is 2.53. The number of carbonyl (C=O) groups is 1. The average Bonchev–Trinajstić information content (AvgIpc) is 2.63. The second kappa shape index (κ2) is 4.25. The molecule has 0 aliphatic rings. The highest BCUT2D eigenvalue weighted by molar-refractivity contribution is 6.02. The molecule has 0 radical (unpaired) electrons. The first-order valence-electron chi connectivity index (χ1n) is 5.13. The summed E-state index contributed by atoms with van der Waals surface area (Å²) < 4.78 is 30.7. The molecule has 5 heteroatoms. The van der Waals surface area contributed by atoms with Crippen LogP contribution in [0.25, 0.3) is 11.0 Å². The van der Waals surface area contributed by atoms with E-state index in [1.165, 1.54) is 18.2 Å². The van der Waals surface area contributed by atoms with Crippen LogP contribution in [0.5, 0.6) is 0 Å². The van der Waals surface area contributed by atoms with Gasteiger partial charge in [0, 0.05) is 5.56 Å². The summed E-state index contributed by atoms with van der Waals surface area (Å²) in [5.74, 6) is -1.25. The Balaban J connectivity index is 2.51. The summed E-state index contributed by atoms with van der Waals surface area (Å²) in [5.41, 5.74) is 0.410. The van der Waals surface area contributed by atoms with Crippen LogP contribution in [0.1, 0.15) is 17.3 Å². The third-order valence-corrected chi connectivity index (χ3v) is 2.70. The Morgan fingerprint density at radius 3 is 2.76 bits per heavy atom. The van der Waals surface area contributed by atoms with Crippen LogP contribution in [0.4, 0.5) is 8.78 Å². The molecule has 1 N–H and O–H groups in total.